The molecule has 1 fully saturated rings. The summed E-state index contributed by atoms with van der Waals surface area (Å²) in [5.41, 5.74) is 7.33. The van der Waals surface area contributed by atoms with Crippen LogP contribution in [0.25, 0.3) is 0 Å². The molecule has 1 amide bonds. The Bertz CT molecular complexity index is 540. The van der Waals surface area contributed by atoms with E-state index in [1.165, 1.54) is 0 Å². The molecule has 1 heterocycles. The SMILES string of the molecule is CCOC(=O)C(N)CC=C1CCN(c2ccccc2)C1=O. The van der Waals surface area contributed by atoms with Gasteiger partial charge in [-0.2, -0.15) is 0 Å². The Balaban J connectivity index is 1.98. The molecule has 1 saturated heterocycles. The Labute approximate surface area is 124 Å². The number of hydrogen-bond donors (Lipinski definition) is 1. The zero-order valence-corrected chi connectivity index (χ0v) is 12.1. The van der Waals surface area contributed by atoms with Gasteiger partial charge < -0.3 is 15.4 Å². The molecule has 1 aliphatic rings. The predicted octanol–water partition coefficient (Wildman–Crippen LogP) is 1.63. The Morgan fingerprint density at radius 2 is 2.14 bits per heavy atom. The molecule has 1 aliphatic heterocycles. The molecule has 0 saturated carbocycles. The second-order valence-electron chi connectivity index (χ2n) is 4.87. The van der Waals surface area contributed by atoms with Crippen molar-refractivity contribution >= 4 is 17.6 Å². The van der Waals surface area contributed by atoms with Gasteiger partial charge in [-0.3, -0.25) is 9.59 Å². The molecule has 0 aliphatic carbocycles. The Kier molecular flexibility index (Phi) is 5.11. The second kappa shape index (κ2) is 7.04. The summed E-state index contributed by atoms with van der Waals surface area (Å²) in [6.07, 6.45) is 2.75. The summed E-state index contributed by atoms with van der Waals surface area (Å²) >= 11 is 0. The lowest BCUT2D eigenvalue weighted by Crippen LogP contribution is -2.32. The number of carbonyl (C=O) groups is 2. The number of anilines is 1. The van der Waals surface area contributed by atoms with E-state index < -0.39 is 12.0 Å². The van der Waals surface area contributed by atoms with E-state index >= 15 is 0 Å². The van der Waals surface area contributed by atoms with Crippen LogP contribution in [0.15, 0.2) is 42.0 Å². The van der Waals surface area contributed by atoms with E-state index in [2.05, 4.69) is 0 Å². The normalized spacial score (nSPS) is 18.1. The third-order valence-corrected chi connectivity index (χ3v) is 3.40. The van der Waals surface area contributed by atoms with Crippen molar-refractivity contribution in [3.8, 4) is 0 Å². The van der Waals surface area contributed by atoms with Crippen LogP contribution < -0.4 is 10.6 Å². The van der Waals surface area contributed by atoms with Gasteiger partial charge >= 0.3 is 5.97 Å². The zero-order chi connectivity index (χ0) is 15.2. The van der Waals surface area contributed by atoms with Crippen LogP contribution in [0.2, 0.25) is 0 Å². The number of amides is 1. The average molecular weight is 288 g/mol. The molecular weight excluding hydrogens is 268 g/mol. The number of ether oxygens (including phenoxy) is 1. The third-order valence-electron chi connectivity index (χ3n) is 3.40. The zero-order valence-electron chi connectivity index (χ0n) is 12.1. The molecule has 5 heteroatoms. The maximum absolute atomic E-state index is 12.3. The predicted molar refractivity (Wildman–Crippen MR) is 80.7 cm³/mol. The fraction of sp³-hybridized carbons (Fsp3) is 0.375. The number of nitrogens with two attached hydrogens (primary N) is 1. The highest BCUT2D eigenvalue weighted by atomic mass is 16.5. The van der Waals surface area contributed by atoms with Crippen LogP contribution >= 0.6 is 0 Å². The summed E-state index contributed by atoms with van der Waals surface area (Å²) in [7, 11) is 0. The van der Waals surface area contributed by atoms with Gasteiger partial charge in [0.25, 0.3) is 5.91 Å². The fourth-order valence-electron chi connectivity index (χ4n) is 2.27. The molecule has 1 aromatic carbocycles. The van der Waals surface area contributed by atoms with Gasteiger partial charge in [0.05, 0.1) is 6.61 Å². The molecule has 1 unspecified atom stereocenters. The smallest absolute Gasteiger partial charge is 0.323 e. The van der Waals surface area contributed by atoms with E-state index in [0.717, 1.165) is 5.69 Å². The summed E-state index contributed by atoms with van der Waals surface area (Å²) in [5, 5.41) is 0. The Morgan fingerprint density at radius 1 is 1.43 bits per heavy atom. The minimum Gasteiger partial charge on any atom is -0.465 e. The topological polar surface area (TPSA) is 72.6 Å². The molecule has 0 bridgehead atoms. The number of rotatable bonds is 5. The van der Waals surface area contributed by atoms with Gasteiger partial charge in [0.1, 0.15) is 6.04 Å². The number of para-hydroxylation sites is 1. The first kappa shape index (κ1) is 15.3. The van der Waals surface area contributed by atoms with Crippen LogP contribution in [0.5, 0.6) is 0 Å². The molecule has 2 N–H and O–H groups in total. The first-order valence-electron chi connectivity index (χ1n) is 7.11. The van der Waals surface area contributed by atoms with Crippen LogP contribution in [-0.2, 0) is 14.3 Å². The van der Waals surface area contributed by atoms with E-state index in [1.807, 2.05) is 30.3 Å². The van der Waals surface area contributed by atoms with Crippen molar-refractivity contribution < 1.29 is 14.3 Å². The standard InChI is InChI=1S/C16H20N2O3/c1-2-21-16(20)14(17)9-8-12-10-11-18(15(12)19)13-6-4-3-5-7-13/h3-8,14H,2,9-11,17H2,1H3. The summed E-state index contributed by atoms with van der Waals surface area (Å²) < 4.78 is 4.85. The highest BCUT2D eigenvalue weighted by molar-refractivity contribution is 6.08. The van der Waals surface area contributed by atoms with E-state index in [1.54, 1.807) is 17.9 Å². The van der Waals surface area contributed by atoms with Gasteiger partial charge in [-0.15, -0.1) is 0 Å². The van der Waals surface area contributed by atoms with Crippen molar-refractivity contribution in [2.45, 2.75) is 25.8 Å². The van der Waals surface area contributed by atoms with E-state index in [9.17, 15) is 9.59 Å². The number of nitrogens with zero attached hydrogens (tertiary/aromatic N) is 1. The largest absolute Gasteiger partial charge is 0.465 e. The van der Waals surface area contributed by atoms with Gasteiger partial charge in [-0.25, -0.2) is 0 Å². The molecule has 0 radical (unpaired) electrons. The van der Waals surface area contributed by atoms with Gasteiger partial charge in [-0.1, -0.05) is 24.3 Å². The van der Waals surface area contributed by atoms with E-state index in [4.69, 9.17) is 10.5 Å². The maximum atomic E-state index is 12.3. The summed E-state index contributed by atoms with van der Waals surface area (Å²) in [6, 6.07) is 8.83. The molecule has 0 spiro atoms. The van der Waals surface area contributed by atoms with E-state index in [0.29, 0.717) is 31.6 Å². The Hall–Kier alpha value is -2.14. The lowest BCUT2D eigenvalue weighted by Gasteiger charge is -2.14. The third kappa shape index (κ3) is 3.70. The van der Waals surface area contributed by atoms with Gasteiger partial charge in [-0.05, 0) is 31.9 Å². The molecule has 1 aromatic rings. The Morgan fingerprint density at radius 3 is 2.81 bits per heavy atom. The molecule has 21 heavy (non-hydrogen) atoms. The number of esters is 1. The molecular formula is C16H20N2O3. The molecule has 1 atom stereocenters. The van der Waals surface area contributed by atoms with Crippen LogP contribution in [0.1, 0.15) is 19.8 Å². The van der Waals surface area contributed by atoms with Gasteiger partial charge in [0.2, 0.25) is 0 Å². The molecule has 2 rings (SSSR count). The van der Waals surface area contributed by atoms with Crippen molar-refractivity contribution in [1.82, 2.24) is 0 Å². The maximum Gasteiger partial charge on any atom is 0.323 e. The first-order chi connectivity index (χ1) is 10.1. The first-order valence-corrected chi connectivity index (χ1v) is 7.11. The summed E-state index contributed by atoms with van der Waals surface area (Å²) in [4.78, 5) is 25.5. The van der Waals surface area contributed by atoms with Crippen molar-refractivity contribution in [2.75, 3.05) is 18.1 Å². The quantitative estimate of drug-likeness (QED) is 0.660. The van der Waals surface area contributed by atoms with Crippen molar-refractivity contribution in [2.24, 2.45) is 5.73 Å². The second-order valence-corrected chi connectivity index (χ2v) is 4.87. The summed E-state index contributed by atoms with van der Waals surface area (Å²) in [6.45, 7) is 2.70. The average Bonchev–Trinajstić information content (AvgIpc) is 2.87. The fourth-order valence-corrected chi connectivity index (χ4v) is 2.27. The number of carbonyl (C=O) groups excluding carboxylic acids is 2. The highest BCUT2D eigenvalue weighted by Crippen LogP contribution is 2.24. The monoisotopic (exact) mass is 288 g/mol. The minimum absolute atomic E-state index is 0.0164. The van der Waals surface area contributed by atoms with Crippen molar-refractivity contribution in [3.63, 3.8) is 0 Å². The lowest BCUT2D eigenvalue weighted by atomic mass is 10.1. The van der Waals surface area contributed by atoms with Crippen molar-refractivity contribution in [1.29, 1.82) is 0 Å². The molecule has 5 nitrogen and oxygen atoms in total. The van der Waals surface area contributed by atoms with E-state index in [-0.39, 0.29) is 5.91 Å². The van der Waals surface area contributed by atoms with Crippen LogP contribution in [0.4, 0.5) is 5.69 Å². The number of hydrogen-bond acceptors (Lipinski definition) is 4. The molecule has 112 valence electrons. The van der Waals surface area contributed by atoms with Crippen molar-refractivity contribution in [3.05, 3.63) is 42.0 Å². The minimum atomic E-state index is -0.712. The molecule has 0 aromatic heterocycles. The lowest BCUT2D eigenvalue weighted by molar-refractivity contribution is -0.144. The van der Waals surface area contributed by atoms with Crippen LogP contribution in [-0.4, -0.2) is 31.1 Å². The van der Waals surface area contributed by atoms with Crippen LogP contribution in [0, 0.1) is 0 Å². The summed E-state index contributed by atoms with van der Waals surface area (Å²) in [5.74, 6) is -0.447. The number of benzene rings is 1. The van der Waals surface area contributed by atoms with Gasteiger partial charge in [0, 0.05) is 17.8 Å². The van der Waals surface area contributed by atoms with Crippen LogP contribution in [0.3, 0.4) is 0 Å². The van der Waals surface area contributed by atoms with Gasteiger partial charge in [0.15, 0.2) is 0 Å². The highest BCUT2D eigenvalue weighted by Gasteiger charge is 2.27.